The summed E-state index contributed by atoms with van der Waals surface area (Å²) in [5, 5.41) is 18.4. The Morgan fingerprint density at radius 2 is 2.24 bits per heavy atom. The second kappa shape index (κ2) is 5.50. The molecule has 1 N–H and O–H groups in total. The minimum Gasteiger partial charge on any atom is -0.395 e. The maximum absolute atomic E-state index is 9.03. The van der Waals surface area contributed by atoms with Crippen LogP contribution in [0, 0.1) is 11.3 Å². The summed E-state index contributed by atoms with van der Waals surface area (Å²) in [5.74, 6) is 0. The maximum atomic E-state index is 9.03. The lowest BCUT2D eigenvalue weighted by atomic mass is 10.1. The fraction of sp³-hybridized carbons (Fsp3) is 0.462. The first kappa shape index (κ1) is 12.4. The summed E-state index contributed by atoms with van der Waals surface area (Å²) in [7, 11) is 0. The summed E-state index contributed by atoms with van der Waals surface area (Å²) in [6.45, 7) is 1.60. The smallest absolute Gasteiger partial charge is 0.0992 e. The molecule has 0 atom stereocenters. The van der Waals surface area contributed by atoms with E-state index in [0.29, 0.717) is 23.2 Å². The molecular formula is C13H15ClN2O. The molecule has 3 nitrogen and oxygen atoms in total. The molecular weight excluding hydrogens is 236 g/mol. The van der Waals surface area contributed by atoms with E-state index in [-0.39, 0.29) is 6.61 Å². The lowest BCUT2D eigenvalue weighted by molar-refractivity contribution is 0.183. The van der Waals surface area contributed by atoms with E-state index < -0.39 is 0 Å². The quantitative estimate of drug-likeness (QED) is 0.871. The van der Waals surface area contributed by atoms with E-state index in [1.807, 2.05) is 6.07 Å². The zero-order valence-corrected chi connectivity index (χ0v) is 10.3. The molecule has 0 aromatic heterocycles. The third kappa shape index (κ3) is 3.19. The Kier molecular flexibility index (Phi) is 4.01. The van der Waals surface area contributed by atoms with Crippen molar-refractivity contribution in [2.45, 2.75) is 25.4 Å². The Bertz CT molecular complexity index is 438. The molecule has 0 spiro atoms. The first-order valence-electron chi connectivity index (χ1n) is 5.78. The summed E-state index contributed by atoms with van der Waals surface area (Å²) < 4.78 is 0. The van der Waals surface area contributed by atoms with Crippen LogP contribution in [0.4, 0.5) is 0 Å². The number of rotatable bonds is 5. The number of aliphatic hydroxyl groups is 1. The topological polar surface area (TPSA) is 47.3 Å². The van der Waals surface area contributed by atoms with Gasteiger partial charge in [-0.2, -0.15) is 5.26 Å². The molecule has 1 saturated carbocycles. The second-order valence-electron chi connectivity index (χ2n) is 4.34. The summed E-state index contributed by atoms with van der Waals surface area (Å²) in [6.07, 6.45) is 2.40. The average molecular weight is 251 g/mol. The van der Waals surface area contributed by atoms with Crippen LogP contribution < -0.4 is 0 Å². The van der Waals surface area contributed by atoms with E-state index in [1.54, 1.807) is 12.1 Å². The van der Waals surface area contributed by atoms with Crippen LogP contribution in [0.25, 0.3) is 0 Å². The molecule has 1 fully saturated rings. The van der Waals surface area contributed by atoms with Crippen molar-refractivity contribution in [3.63, 3.8) is 0 Å². The highest BCUT2D eigenvalue weighted by Gasteiger charge is 2.28. The number of nitriles is 1. The van der Waals surface area contributed by atoms with Gasteiger partial charge < -0.3 is 5.11 Å². The summed E-state index contributed by atoms with van der Waals surface area (Å²) in [5.41, 5.74) is 1.60. The molecule has 17 heavy (non-hydrogen) atoms. The van der Waals surface area contributed by atoms with Crippen LogP contribution in [0.2, 0.25) is 5.02 Å². The highest BCUT2D eigenvalue weighted by Crippen LogP contribution is 2.29. The van der Waals surface area contributed by atoms with E-state index in [2.05, 4.69) is 11.0 Å². The molecule has 2 rings (SSSR count). The number of benzene rings is 1. The monoisotopic (exact) mass is 250 g/mol. The Balaban J connectivity index is 2.09. The van der Waals surface area contributed by atoms with Gasteiger partial charge in [-0.1, -0.05) is 17.7 Å². The van der Waals surface area contributed by atoms with Gasteiger partial charge in [-0.15, -0.1) is 0 Å². The fourth-order valence-electron chi connectivity index (χ4n) is 1.92. The second-order valence-corrected chi connectivity index (χ2v) is 4.75. The van der Waals surface area contributed by atoms with Crippen LogP contribution >= 0.6 is 11.6 Å². The van der Waals surface area contributed by atoms with Crippen molar-refractivity contribution in [3.05, 3.63) is 34.3 Å². The Morgan fingerprint density at radius 3 is 2.76 bits per heavy atom. The normalized spacial score (nSPS) is 14.9. The van der Waals surface area contributed by atoms with Crippen molar-refractivity contribution in [2.75, 3.05) is 13.2 Å². The van der Waals surface area contributed by atoms with Crippen molar-refractivity contribution in [1.29, 1.82) is 5.26 Å². The molecule has 1 aromatic carbocycles. The number of halogens is 1. The Labute approximate surface area is 106 Å². The molecule has 0 bridgehead atoms. The van der Waals surface area contributed by atoms with E-state index >= 15 is 0 Å². The number of hydrogen-bond donors (Lipinski definition) is 1. The van der Waals surface area contributed by atoms with Gasteiger partial charge in [0.1, 0.15) is 0 Å². The molecule has 0 heterocycles. The molecule has 90 valence electrons. The van der Waals surface area contributed by atoms with Crippen molar-refractivity contribution in [3.8, 4) is 6.07 Å². The highest BCUT2D eigenvalue weighted by molar-refractivity contribution is 6.31. The van der Waals surface area contributed by atoms with Crippen LogP contribution in [-0.2, 0) is 6.54 Å². The van der Waals surface area contributed by atoms with Crippen LogP contribution in [0.3, 0.4) is 0 Å². The first-order valence-corrected chi connectivity index (χ1v) is 6.16. The van der Waals surface area contributed by atoms with Gasteiger partial charge >= 0.3 is 0 Å². The third-order valence-electron chi connectivity index (χ3n) is 3.01. The Morgan fingerprint density at radius 1 is 1.47 bits per heavy atom. The molecule has 0 radical (unpaired) electrons. The van der Waals surface area contributed by atoms with Gasteiger partial charge in [-0.25, -0.2) is 0 Å². The number of hydrogen-bond acceptors (Lipinski definition) is 3. The molecule has 4 heteroatoms. The lowest BCUT2D eigenvalue weighted by Gasteiger charge is -2.21. The number of aliphatic hydroxyl groups excluding tert-OH is 1. The standard InChI is InChI=1S/C13H15ClN2O/c14-13-7-10(8-15)1-2-11(13)9-16(5-6-17)12-3-4-12/h1-2,7,12,17H,3-6,9H2. The molecule has 1 aliphatic carbocycles. The van der Waals surface area contributed by atoms with Gasteiger partial charge in [0.05, 0.1) is 18.2 Å². The molecule has 0 amide bonds. The zero-order chi connectivity index (χ0) is 12.3. The number of nitrogens with zero attached hydrogens (tertiary/aromatic N) is 2. The predicted octanol–water partition coefficient (Wildman–Crippen LogP) is 2.17. The summed E-state index contributed by atoms with van der Waals surface area (Å²) in [4.78, 5) is 2.24. The van der Waals surface area contributed by atoms with E-state index in [9.17, 15) is 0 Å². The van der Waals surface area contributed by atoms with Crippen molar-refractivity contribution >= 4 is 11.6 Å². The summed E-state index contributed by atoms with van der Waals surface area (Å²) in [6, 6.07) is 8.04. The van der Waals surface area contributed by atoms with Crippen LogP contribution in [0.15, 0.2) is 18.2 Å². The van der Waals surface area contributed by atoms with Crippen LogP contribution in [0.1, 0.15) is 24.0 Å². The van der Waals surface area contributed by atoms with Gasteiger partial charge in [0.2, 0.25) is 0 Å². The van der Waals surface area contributed by atoms with Gasteiger partial charge in [0.25, 0.3) is 0 Å². The molecule has 0 unspecified atom stereocenters. The SMILES string of the molecule is N#Cc1ccc(CN(CCO)C2CC2)c(Cl)c1. The van der Waals surface area contributed by atoms with Crippen LogP contribution in [-0.4, -0.2) is 29.2 Å². The molecule has 0 saturated heterocycles. The van der Waals surface area contributed by atoms with Crippen molar-refractivity contribution in [1.82, 2.24) is 4.90 Å². The minimum absolute atomic E-state index is 0.171. The van der Waals surface area contributed by atoms with Gasteiger partial charge in [0, 0.05) is 24.2 Å². The average Bonchev–Trinajstić information content (AvgIpc) is 3.14. The zero-order valence-electron chi connectivity index (χ0n) is 9.56. The van der Waals surface area contributed by atoms with E-state index in [0.717, 1.165) is 12.1 Å². The van der Waals surface area contributed by atoms with E-state index in [1.165, 1.54) is 12.8 Å². The van der Waals surface area contributed by atoms with Gasteiger partial charge in [0.15, 0.2) is 0 Å². The molecule has 0 aliphatic heterocycles. The highest BCUT2D eigenvalue weighted by atomic mass is 35.5. The van der Waals surface area contributed by atoms with Crippen LogP contribution in [0.5, 0.6) is 0 Å². The Hall–Kier alpha value is -1.08. The van der Waals surface area contributed by atoms with Crippen molar-refractivity contribution in [2.24, 2.45) is 0 Å². The van der Waals surface area contributed by atoms with E-state index in [4.69, 9.17) is 22.0 Å². The fourth-order valence-corrected chi connectivity index (χ4v) is 2.16. The lowest BCUT2D eigenvalue weighted by Crippen LogP contribution is -2.28. The third-order valence-corrected chi connectivity index (χ3v) is 3.36. The van der Waals surface area contributed by atoms with Crippen molar-refractivity contribution < 1.29 is 5.11 Å². The van der Waals surface area contributed by atoms with Gasteiger partial charge in [-0.05, 0) is 30.5 Å². The predicted molar refractivity (Wildman–Crippen MR) is 66.7 cm³/mol. The summed E-state index contributed by atoms with van der Waals surface area (Å²) >= 11 is 6.14. The minimum atomic E-state index is 0.171. The molecule has 1 aliphatic rings. The first-order chi connectivity index (χ1) is 8.24. The van der Waals surface area contributed by atoms with Gasteiger partial charge in [-0.3, -0.25) is 4.90 Å². The maximum Gasteiger partial charge on any atom is 0.0992 e. The largest absolute Gasteiger partial charge is 0.395 e. The molecule has 1 aromatic rings.